The van der Waals surface area contributed by atoms with Gasteiger partial charge in [0.25, 0.3) is 0 Å². The maximum Gasteiger partial charge on any atom is 0.233 e. The van der Waals surface area contributed by atoms with Crippen molar-refractivity contribution in [2.75, 3.05) is 31.9 Å². The fourth-order valence-corrected chi connectivity index (χ4v) is 4.18. The first-order valence-electron chi connectivity index (χ1n) is 7.51. The van der Waals surface area contributed by atoms with E-state index in [-0.39, 0.29) is 11.3 Å². The summed E-state index contributed by atoms with van der Waals surface area (Å²) in [5, 5.41) is 0.0823. The summed E-state index contributed by atoms with van der Waals surface area (Å²) >= 11 is 1.67. The average molecular weight is 294 g/mol. The molecule has 0 saturated carbocycles. The number of hydrogen-bond acceptors (Lipinski definition) is 4. The highest BCUT2D eigenvalue weighted by Gasteiger charge is 2.34. The van der Waals surface area contributed by atoms with Crippen LogP contribution in [0.15, 0.2) is 22.8 Å². The highest BCUT2D eigenvalue weighted by atomic mass is 32.2. The van der Waals surface area contributed by atoms with E-state index in [4.69, 9.17) is 4.42 Å². The zero-order chi connectivity index (χ0) is 13.8. The van der Waals surface area contributed by atoms with E-state index in [1.54, 1.807) is 18.0 Å². The van der Waals surface area contributed by atoms with Crippen molar-refractivity contribution in [2.24, 2.45) is 0 Å². The Hall–Kier alpha value is -0.940. The van der Waals surface area contributed by atoms with Crippen LogP contribution in [0.1, 0.15) is 36.8 Å². The Balaban J connectivity index is 1.50. The summed E-state index contributed by atoms with van der Waals surface area (Å²) in [4.78, 5) is 16.5. The summed E-state index contributed by atoms with van der Waals surface area (Å²) in [7, 11) is 0. The molecule has 1 unspecified atom stereocenters. The molecule has 110 valence electrons. The Morgan fingerprint density at radius 3 is 2.85 bits per heavy atom. The monoisotopic (exact) mass is 294 g/mol. The van der Waals surface area contributed by atoms with E-state index in [1.807, 2.05) is 17.0 Å². The Kier molecular flexibility index (Phi) is 4.68. The van der Waals surface area contributed by atoms with Gasteiger partial charge in [-0.3, -0.25) is 4.79 Å². The second-order valence-electron chi connectivity index (χ2n) is 5.52. The minimum absolute atomic E-state index is 0.0823. The third-order valence-corrected chi connectivity index (χ3v) is 5.29. The largest absolute Gasteiger partial charge is 0.466 e. The molecule has 0 N–H and O–H groups in total. The van der Waals surface area contributed by atoms with E-state index >= 15 is 0 Å². The smallest absolute Gasteiger partial charge is 0.233 e. The van der Waals surface area contributed by atoms with Crippen molar-refractivity contribution in [1.29, 1.82) is 0 Å². The molecule has 2 aliphatic rings. The molecule has 20 heavy (non-hydrogen) atoms. The van der Waals surface area contributed by atoms with Crippen LogP contribution >= 0.6 is 11.8 Å². The molecule has 1 aromatic heterocycles. The molecule has 0 aliphatic carbocycles. The van der Waals surface area contributed by atoms with Crippen molar-refractivity contribution in [3.63, 3.8) is 0 Å². The number of amides is 1. The van der Waals surface area contributed by atoms with Gasteiger partial charge in [-0.15, -0.1) is 11.8 Å². The Bertz CT molecular complexity index is 429. The predicted molar refractivity (Wildman–Crippen MR) is 80.5 cm³/mol. The normalized spacial score (nSPS) is 24.5. The van der Waals surface area contributed by atoms with Gasteiger partial charge in [0, 0.05) is 6.54 Å². The number of likely N-dealkylation sites (tertiary alicyclic amines) is 1. The van der Waals surface area contributed by atoms with Gasteiger partial charge in [0.2, 0.25) is 5.91 Å². The molecule has 2 aliphatic heterocycles. The lowest BCUT2D eigenvalue weighted by Crippen LogP contribution is -2.34. The maximum atomic E-state index is 12.0. The van der Waals surface area contributed by atoms with Crippen LogP contribution in [0, 0.1) is 0 Å². The second kappa shape index (κ2) is 6.68. The molecule has 0 bridgehead atoms. The number of carbonyl (C=O) groups is 1. The number of thioether (sulfide) groups is 1. The fourth-order valence-electron chi connectivity index (χ4n) is 3.01. The molecule has 1 aromatic rings. The van der Waals surface area contributed by atoms with Crippen molar-refractivity contribution in [1.82, 2.24) is 9.80 Å². The number of rotatable bonds is 5. The van der Waals surface area contributed by atoms with E-state index in [2.05, 4.69) is 4.90 Å². The molecule has 0 spiro atoms. The van der Waals surface area contributed by atoms with E-state index in [9.17, 15) is 4.79 Å². The van der Waals surface area contributed by atoms with Gasteiger partial charge in [-0.05, 0) is 51.0 Å². The van der Waals surface area contributed by atoms with Crippen LogP contribution in [0.2, 0.25) is 0 Å². The van der Waals surface area contributed by atoms with Crippen LogP contribution in [0.25, 0.3) is 0 Å². The van der Waals surface area contributed by atoms with E-state index in [1.165, 1.54) is 32.4 Å². The molecular formula is C15H22N2O2S. The first kappa shape index (κ1) is 14.0. The molecule has 1 atom stereocenters. The van der Waals surface area contributed by atoms with E-state index in [0.717, 1.165) is 25.3 Å². The van der Waals surface area contributed by atoms with E-state index in [0.29, 0.717) is 5.75 Å². The van der Waals surface area contributed by atoms with Crippen LogP contribution in [0.4, 0.5) is 0 Å². The number of piperidine rings is 1. The zero-order valence-corrected chi connectivity index (χ0v) is 12.6. The summed E-state index contributed by atoms with van der Waals surface area (Å²) in [6.07, 6.45) is 6.77. The molecule has 4 nitrogen and oxygen atoms in total. The second-order valence-corrected chi connectivity index (χ2v) is 6.59. The van der Waals surface area contributed by atoms with Crippen molar-refractivity contribution in [2.45, 2.75) is 31.1 Å². The van der Waals surface area contributed by atoms with Crippen LogP contribution in [-0.2, 0) is 4.79 Å². The lowest BCUT2D eigenvalue weighted by atomic mass is 10.1. The zero-order valence-electron chi connectivity index (χ0n) is 11.8. The molecule has 3 heterocycles. The van der Waals surface area contributed by atoms with Gasteiger partial charge in [-0.2, -0.15) is 0 Å². The predicted octanol–water partition coefficient (Wildman–Crippen LogP) is 2.73. The van der Waals surface area contributed by atoms with Gasteiger partial charge >= 0.3 is 0 Å². The minimum Gasteiger partial charge on any atom is -0.466 e. The van der Waals surface area contributed by atoms with Crippen molar-refractivity contribution in [3.8, 4) is 0 Å². The molecule has 2 saturated heterocycles. The Labute approximate surface area is 124 Å². The molecule has 0 radical (unpaired) electrons. The van der Waals surface area contributed by atoms with Gasteiger partial charge in [0.1, 0.15) is 11.1 Å². The lowest BCUT2D eigenvalue weighted by Gasteiger charge is -2.28. The van der Waals surface area contributed by atoms with Gasteiger partial charge < -0.3 is 14.2 Å². The molecule has 0 aromatic carbocycles. The van der Waals surface area contributed by atoms with Gasteiger partial charge in [-0.1, -0.05) is 6.42 Å². The van der Waals surface area contributed by atoms with Gasteiger partial charge in [0.15, 0.2) is 0 Å². The number of nitrogens with zero attached hydrogens (tertiary/aromatic N) is 2. The number of furan rings is 1. The van der Waals surface area contributed by atoms with Crippen LogP contribution < -0.4 is 0 Å². The molecule has 5 heteroatoms. The number of hydrogen-bond donors (Lipinski definition) is 0. The van der Waals surface area contributed by atoms with Crippen LogP contribution in [0.3, 0.4) is 0 Å². The molecule has 2 fully saturated rings. The quantitative estimate of drug-likeness (QED) is 0.837. The molecular weight excluding hydrogens is 272 g/mol. The van der Waals surface area contributed by atoms with Crippen molar-refractivity contribution < 1.29 is 9.21 Å². The third-order valence-electron chi connectivity index (χ3n) is 4.08. The number of carbonyl (C=O) groups excluding carboxylic acids is 1. The first-order chi connectivity index (χ1) is 9.84. The highest BCUT2D eigenvalue weighted by molar-refractivity contribution is 8.00. The summed E-state index contributed by atoms with van der Waals surface area (Å²) < 4.78 is 5.47. The van der Waals surface area contributed by atoms with Gasteiger partial charge in [-0.25, -0.2) is 0 Å². The third kappa shape index (κ3) is 3.20. The minimum atomic E-state index is 0.0823. The summed E-state index contributed by atoms with van der Waals surface area (Å²) in [6, 6.07) is 3.86. The van der Waals surface area contributed by atoms with Crippen LogP contribution in [-0.4, -0.2) is 47.6 Å². The van der Waals surface area contributed by atoms with Crippen molar-refractivity contribution in [3.05, 3.63) is 24.2 Å². The average Bonchev–Trinajstić information content (AvgIpc) is 3.11. The summed E-state index contributed by atoms with van der Waals surface area (Å²) in [5.41, 5.74) is 0. The maximum absolute atomic E-state index is 12.0. The first-order valence-corrected chi connectivity index (χ1v) is 8.56. The SMILES string of the molecule is O=C1CSC(c2ccco2)N1CCCN1CCCCC1. The molecule has 3 rings (SSSR count). The Morgan fingerprint density at radius 2 is 2.10 bits per heavy atom. The van der Waals surface area contributed by atoms with E-state index < -0.39 is 0 Å². The lowest BCUT2D eigenvalue weighted by molar-refractivity contribution is -0.128. The standard InChI is InChI=1S/C15H22N2O2S/c18-14-12-20-15(13-6-4-11-19-13)17(14)10-5-9-16-7-2-1-3-8-16/h4,6,11,15H,1-3,5,7-10,12H2. The Morgan fingerprint density at radius 1 is 1.25 bits per heavy atom. The summed E-state index contributed by atoms with van der Waals surface area (Å²) in [6.45, 7) is 4.40. The fraction of sp³-hybridized carbons (Fsp3) is 0.667. The van der Waals surface area contributed by atoms with Gasteiger partial charge in [0.05, 0.1) is 12.0 Å². The summed E-state index contributed by atoms with van der Waals surface area (Å²) in [5.74, 6) is 1.73. The molecule has 1 amide bonds. The van der Waals surface area contributed by atoms with Crippen LogP contribution in [0.5, 0.6) is 0 Å². The topological polar surface area (TPSA) is 36.7 Å². The highest BCUT2D eigenvalue weighted by Crippen LogP contribution is 2.38. The van der Waals surface area contributed by atoms with Crippen molar-refractivity contribution >= 4 is 17.7 Å².